The molecule has 1 atom stereocenters. The highest BCUT2D eigenvalue weighted by Crippen LogP contribution is 2.21. The number of nitrogens with zero attached hydrogens (tertiary/aromatic N) is 2. The molecule has 2 aromatic rings. The van der Waals surface area contributed by atoms with E-state index in [9.17, 15) is 4.39 Å². The van der Waals surface area contributed by atoms with E-state index in [2.05, 4.69) is 12.0 Å². The molecule has 3 nitrogen and oxygen atoms in total. The molecule has 0 spiro atoms. The average Bonchev–Trinajstić information content (AvgIpc) is 2.81. The van der Waals surface area contributed by atoms with Crippen LogP contribution in [0.1, 0.15) is 36.1 Å². The van der Waals surface area contributed by atoms with Gasteiger partial charge in [0.05, 0.1) is 12.2 Å². The molecule has 4 heteroatoms. The van der Waals surface area contributed by atoms with E-state index in [-0.39, 0.29) is 11.9 Å². The van der Waals surface area contributed by atoms with E-state index in [4.69, 9.17) is 5.73 Å². The molecule has 2 rings (SSSR count). The number of nitrogens with two attached hydrogens (primary N) is 1. The quantitative estimate of drug-likeness (QED) is 0.902. The lowest BCUT2D eigenvalue weighted by Gasteiger charge is -2.10. The predicted molar refractivity (Wildman–Crippen MR) is 69.7 cm³/mol. The van der Waals surface area contributed by atoms with Crippen molar-refractivity contribution in [1.29, 1.82) is 0 Å². The molecule has 2 N–H and O–H groups in total. The summed E-state index contributed by atoms with van der Waals surface area (Å²) in [5.41, 5.74) is 8.44. The minimum Gasteiger partial charge on any atom is -0.320 e. The first-order valence-corrected chi connectivity index (χ1v) is 6.15. The summed E-state index contributed by atoms with van der Waals surface area (Å²) in [7, 11) is 0. The molecule has 0 radical (unpaired) electrons. The van der Waals surface area contributed by atoms with Gasteiger partial charge >= 0.3 is 0 Å². The second-order valence-corrected chi connectivity index (χ2v) is 4.52. The van der Waals surface area contributed by atoms with Gasteiger partial charge in [0.15, 0.2) is 0 Å². The van der Waals surface area contributed by atoms with Crippen LogP contribution in [0.2, 0.25) is 0 Å². The molecule has 0 bridgehead atoms. The van der Waals surface area contributed by atoms with Crippen molar-refractivity contribution in [2.24, 2.45) is 5.73 Å². The fourth-order valence-electron chi connectivity index (χ4n) is 1.89. The van der Waals surface area contributed by atoms with E-state index in [0.717, 1.165) is 24.1 Å². The number of rotatable bonds is 4. The summed E-state index contributed by atoms with van der Waals surface area (Å²) in [6, 6.07) is 4.78. The average molecular weight is 247 g/mol. The second kappa shape index (κ2) is 5.31. The van der Waals surface area contributed by atoms with Gasteiger partial charge in [-0.15, -0.1) is 0 Å². The van der Waals surface area contributed by atoms with Crippen LogP contribution in [0, 0.1) is 12.7 Å². The fourth-order valence-corrected chi connectivity index (χ4v) is 1.89. The Morgan fingerprint density at radius 1 is 1.39 bits per heavy atom. The summed E-state index contributed by atoms with van der Waals surface area (Å²) in [5, 5.41) is 4.24. The third-order valence-electron chi connectivity index (χ3n) is 3.02. The highest BCUT2D eigenvalue weighted by atomic mass is 19.1. The van der Waals surface area contributed by atoms with Crippen LogP contribution in [0.25, 0.3) is 0 Å². The van der Waals surface area contributed by atoms with Crippen LogP contribution in [-0.2, 0) is 6.54 Å². The zero-order chi connectivity index (χ0) is 13.1. The Hall–Kier alpha value is -1.68. The molecule has 1 aromatic heterocycles. The van der Waals surface area contributed by atoms with Gasteiger partial charge in [-0.3, -0.25) is 4.68 Å². The van der Waals surface area contributed by atoms with Crippen molar-refractivity contribution >= 4 is 0 Å². The first-order valence-electron chi connectivity index (χ1n) is 6.15. The highest BCUT2D eigenvalue weighted by Gasteiger charge is 2.12. The molecule has 1 heterocycles. The van der Waals surface area contributed by atoms with Crippen molar-refractivity contribution in [3.63, 3.8) is 0 Å². The molecule has 96 valence electrons. The maximum Gasteiger partial charge on any atom is 0.126 e. The Balaban J connectivity index is 2.23. The Kier molecular flexibility index (Phi) is 3.77. The van der Waals surface area contributed by atoms with E-state index >= 15 is 0 Å². The van der Waals surface area contributed by atoms with Gasteiger partial charge in [-0.2, -0.15) is 5.10 Å². The van der Waals surface area contributed by atoms with Crippen molar-refractivity contribution < 1.29 is 4.39 Å². The van der Waals surface area contributed by atoms with E-state index in [1.54, 1.807) is 19.2 Å². The minimum atomic E-state index is -0.328. The predicted octanol–water partition coefficient (Wildman–Crippen LogP) is 2.79. The van der Waals surface area contributed by atoms with Gasteiger partial charge in [0.1, 0.15) is 5.82 Å². The fraction of sp³-hybridized carbons (Fsp3) is 0.357. The second-order valence-electron chi connectivity index (χ2n) is 4.52. The van der Waals surface area contributed by atoms with E-state index in [0.29, 0.717) is 5.56 Å². The summed E-state index contributed by atoms with van der Waals surface area (Å²) in [6.07, 6.45) is 4.69. The van der Waals surface area contributed by atoms with Crippen LogP contribution in [0.15, 0.2) is 30.6 Å². The van der Waals surface area contributed by atoms with Crippen LogP contribution in [0.4, 0.5) is 4.39 Å². The van der Waals surface area contributed by atoms with Crippen LogP contribution in [-0.4, -0.2) is 9.78 Å². The van der Waals surface area contributed by atoms with Gasteiger partial charge in [0.25, 0.3) is 0 Å². The molecule has 1 aromatic carbocycles. The monoisotopic (exact) mass is 247 g/mol. The van der Waals surface area contributed by atoms with Gasteiger partial charge < -0.3 is 5.73 Å². The van der Waals surface area contributed by atoms with Gasteiger partial charge in [-0.25, -0.2) is 4.39 Å². The molecule has 0 aliphatic carbocycles. The topological polar surface area (TPSA) is 43.8 Å². The minimum absolute atomic E-state index is 0.219. The number of aromatic nitrogens is 2. The highest BCUT2D eigenvalue weighted by molar-refractivity contribution is 5.31. The standard InChI is InChI=1S/C14H18FN3/c1-3-6-18-9-12(8-17-18)14(16)11-5-4-10(2)13(15)7-11/h4-5,7-9,14H,3,6,16H2,1-2H3. The van der Waals surface area contributed by atoms with Gasteiger partial charge in [-0.1, -0.05) is 19.1 Å². The smallest absolute Gasteiger partial charge is 0.126 e. The number of halogens is 1. The van der Waals surface area contributed by atoms with Crippen molar-refractivity contribution in [2.45, 2.75) is 32.9 Å². The molecule has 0 saturated heterocycles. The first-order chi connectivity index (χ1) is 8.61. The van der Waals surface area contributed by atoms with Gasteiger partial charge in [-0.05, 0) is 30.5 Å². The van der Waals surface area contributed by atoms with Crippen molar-refractivity contribution in [3.8, 4) is 0 Å². The zero-order valence-corrected chi connectivity index (χ0v) is 10.7. The third-order valence-corrected chi connectivity index (χ3v) is 3.02. The lowest BCUT2D eigenvalue weighted by molar-refractivity contribution is 0.601. The normalized spacial score (nSPS) is 12.7. The van der Waals surface area contributed by atoms with E-state index in [1.807, 2.05) is 16.9 Å². The Morgan fingerprint density at radius 2 is 2.17 bits per heavy atom. The number of hydrogen-bond donors (Lipinski definition) is 1. The molecule has 0 aliphatic heterocycles. The zero-order valence-electron chi connectivity index (χ0n) is 10.7. The molecule has 0 fully saturated rings. The van der Waals surface area contributed by atoms with Crippen molar-refractivity contribution in [2.75, 3.05) is 0 Å². The number of aryl methyl sites for hydroxylation is 2. The Morgan fingerprint density at radius 3 is 2.83 bits per heavy atom. The molecule has 18 heavy (non-hydrogen) atoms. The van der Waals surface area contributed by atoms with Gasteiger partial charge in [0, 0.05) is 18.3 Å². The van der Waals surface area contributed by atoms with E-state index in [1.165, 1.54) is 6.07 Å². The van der Waals surface area contributed by atoms with Crippen LogP contribution in [0.5, 0.6) is 0 Å². The Labute approximate surface area is 106 Å². The summed E-state index contributed by atoms with van der Waals surface area (Å²) >= 11 is 0. The van der Waals surface area contributed by atoms with Gasteiger partial charge in [0.2, 0.25) is 0 Å². The van der Waals surface area contributed by atoms with Crippen LogP contribution in [0.3, 0.4) is 0 Å². The lowest BCUT2D eigenvalue weighted by atomic mass is 10.0. The summed E-state index contributed by atoms with van der Waals surface area (Å²) in [5.74, 6) is -0.219. The molecule has 0 amide bonds. The largest absolute Gasteiger partial charge is 0.320 e. The Bertz CT molecular complexity index is 534. The summed E-state index contributed by atoms with van der Waals surface area (Å²) < 4.78 is 15.4. The molecule has 0 saturated carbocycles. The molecule has 0 aliphatic rings. The maximum atomic E-state index is 13.5. The number of hydrogen-bond acceptors (Lipinski definition) is 2. The molecular weight excluding hydrogens is 229 g/mol. The molecule has 1 unspecified atom stereocenters. The SMILES string of the molecule is CCCn1cc(C(N)c2ccc(C)c(F)c2)cn1. The van der Waals surface area contributed by atoms with Crippen molar-refractivity contribution in [1.82, 2.24) is 9.78 Å². The maximum absolute atomic E-state index is 13.5. The number of benzene rings is 1. The van der Waals surface area contributed by atoms with Crippen LogP contribution >= 0.6 is 0 Å². The summed E-state index contributed by atoms with van der Waals surface area (Å²) in [6.45, 7) is 4.70. The van der Waals surface area contributed by atoms with Crippen molar-refractivity contribution in [3.05, 3.63) is 53.1 Å². The van der Waals surface area contributed by atoms with Crippen LogP contribution < -0.4 is 5.73 Å². The lowest BCUT2D eigenvalue weighted by Crippen LogP contribution is -2.11. The van der Waals surface area contributed by atoms with E-state index < -0.39 is 0 Å². The third kappa shape index (κ3) is 2.59. The molecular formula is C14H18FN3. The summed E-state index contributed by atoms with van der Waals surface area (Å²) in [4.78, 5) is 0. The first kappa shape index (κ1) is 12.8.